The molecule has 128 valence electrons. The molecule has 1 aliphatic rings. The van der Waals surface area contributed by atoms with Crippen LogP contribution < -0.4 is 10.6 Å². The summed E-state index contributed by atoms with van der Waals surface area (Å²) < 4.78 is 0.999. The minimum absolute atomic E-state index is 0.000613. The van der Waals surface area contributed by atoms with Crippen molar-refractivity contribution in [3.63, 3.8) is 0 Å². The van der Waals surface area contributed by atoms with Crippen LogP contribution in [0.2, 0.25) is 0 Å². The number of amides is 1. The lowest BCUT2D eigenvalue weighted by atomic mass is 10.2. The first-order valence-electron chi connectivity index (χ1n) is 8.58. The first kappa shape index (κ1) is 15.3. The lowest BCUT2D eigenvalue weighted by Gasteiger charge is -2.03. The minimum Gasteiger partial charge on any atom is -0.349 e. The number of thiazole rings is 1. The van der Waals surface area contributed by atoms with E-state index in [1.807, 2.05) is 42.5 Å². The number of anilines is 2. The van der Waals surface area contributed by atoms with Crippen molar-refractivity contribution in [1.29, 1.82) is 0 Å². The quantitative estimate of drug-likeness (QED) is 0.563. The molecule has 0 atom stereocenters. The van der Waals surface area contributed by atoms with Crippen LogP contribution in [0.1, 0.15) is 23.2 Å². The Morgan fingerprint density at radius 1 is 1.08 bits per heavy atom. The molecule has 2 aromatic heterocycles. The monoisotopic (exact) mass is 360 g/mol. The van der Waals surface area contributed by atoms with Gasteiger partial charge in [0.2, 0.25) is 0 Å². The van der Waals surface area contributed by atoms with Crippen molar-refractivity contribution in [2.75, 3.05) is 5.32 Å². The van der Waals surface area contributed by atoms with Crippen LogP contribution >= 0.6 is 11.3 Å². The third kappa shape index (κ3) is 2.99. The summed E-state index contributed by atoms with van der Waals surface area (Å²) >= 11 is 1.55. The molecule has 5 nitrogen and oxygen atoms in total. The topological polar surface area (TPSA) is 66.9 Å². The van der Waals surface area contributed by atoms with Crippen LogP contribution in [-0.4, -0.2) is 21.9 Å². The van der Waals surface area contributed by atoms with Crippen LogP contribution in [0.3, 0.4) is 0 Å². The van der Waals surface area contributed by atoms with Crippen molar-refractivity contribution in [2.45, 2.75) is 18.9 Å². The number of rotatable bonds is 4. The summed E-state index contributed by atoms with van der Waals surface area (Å²) in [4.78, 5) is 21.2. The average molecular weight is 360 g/mol. The summed E-state index contributed by atoms with van der Waals surface area (Å²) in [5.41, 5.74) is 3.52. The zero-order valence-corrected chi connectivity index (χ0v) is 14.7. The van der Waals surface area contributed by atoms with Crippen molar-refractivity contribution >= 4 is 49.2 Å². The number of fused-ring (bicyclic) bond motifs is 2. The van der Waals surface area contributed by atoms with Gasteiger partial charge in [0.15, 0.2) is 5.13 Å². The fourth-order valence-electron chi connectivity index (χ4n) is 2.89. The number of benzene rings is 2. The number of pyridine rings is 1. The molecule has 2 heterocycles. The van der Waals surface area contributed by atoms with E-state index in [0.717, 1.165) is 44.8 Å². The van der Waals surface area contributed by atoms with Gasteiger partial charge >= 0.3 is 0 Å². The number of aromatic nitrogens is 2. The molecular formula is C20H16N4OS. The minimum atomic E-state index is -0.000613. The van der Waals surface area contributed by atoms with E-state index in [1.54, 1.807) is 17.5 Å². The molecule has 0 spiro atoms. The standard InChI is InChI=1S/C20H16N4OS/c25-19(22-14-4-5-14)13-3-7-17-18(11-13)26-20(24-17)23-15-6-8-16-12(10-15)2-1-9-21-16/h1-3,6-11,14H,4-5H2,(H,22,25)(H,23,24). The third-order valence-electron chi connectivity index (χ3n) is 4.42. The largest absolute Gasteiger partial charge is 0.349 e. The molecule has 1 fully saturated rings. The Morgan fingerprint density at radius 3 is 2.85 bits per heavy atom. The summed E-state index contributed by atoms with van der Waals surface area (Å²) in [6.45, 7) is 0. The molecule has 4 aromatic rings. The Labute approximate surface area is 154 Å². The molecule has 2 aromatic carbocycles. The second-order valence-corrected chi connectivity index (χ2v) is 7.52. The first-order valence-corrected chi connectivity index (χ1v) is 9.39. The summed E-state index contributed by atoms with van der Waals surface area (Å²) in [6, 6.07) is 16.0. The zero-order chi connectivity index (χ0) is 17.5. The van der Waals surface area contributed by atoms with Crippen molar-refractivity contribution in [2.24, 2.45) is 0 Å². The van der Waals surface area contributed by atoms with Gasteiger partial charge in [-0.3, -0.25) is 9.78 Å². The van der Waals surface area contributed by atoms with Gasteiger partial charge in [-0.25, -0.2) is 4.98 Å². The van der Waals surface area contributed by atoms with Crippen LogP contribution in [0, 0.1) is 0 Å². The van der Waals surface area contributed by atoms with Crippen LogP contribution in [0.5, 0.6) is 0 Å². The maximum absolute atomic E-state index is 12.2. The Hall–Kier alpha value is -2.99. The molecule has 0 bridgehead atoms. The molecule has 1 aliphatic carbocycles. The molecule has 0 aliphatic heterocycles. The van der Waals surface area contributed by atoms with E-state index in [-0.39, 0.29) is 5.91 Å². The van der Waals surface area contributed by atoms with Crippen molar-refractivity contribution in [3.8, 4) is 0 Å². The van der Waals surface area contributed by atoms with E-state index in [9.17, 15) is 4.79 Å². The number of hydrogen-bond donors (Lipinski definition) is 2. The Balaban J connectivity index is 1.42. The molecule has 0 radical (unpaired) electrons. The van der Waals surface area contributed by atoms with Crippen LogP contribution in [-0.2, 0) is 0 Å². The third-order valence-corrected chi connectivity index (χ3v) is 5.35. The number of hydrogen-bond acceptors (Lipinski definition) is 5. The molecular weight excluding hydrogens is 344 g/mol. The highest BCUT2D eigenvalue weighted by Gasteiger charge is 2.24. The van der Waals surface area contributed by atoms with Gasteiger partial charge in [0.1, 0.15) is 0 Å². The van der Waals surface area contributed by atoms with E-state index < -0.39 is 0 Å². The first-order chi connectivity index (χ1) is 12.7. The molecule has 0 saturated heterocycles. The zero-order valence-electron chi connectivity index (χ0n) is 13.9. The molecule has 6 heteroatoms. The van der Waals surface area contributed by atoms with E-state index in [2.05, 4.69) is 26.7 Å². The average Bonchev–Trinajstić information content (AvgIpc) is 3.38. The molecule has 1 amide bonds. The number of carbonyl (C=O) groups excluding carboxylic acids is 1. The molecule has 0 unspecified atom stereocenters. The highest BCUT2D eigenvalue weighted by Crippen LogP contribution is 2.30. The van der Waals surface area contributed by atoms with Crippen LogP contribution in [0.4, 0.5) is 10.8 Å². The van der Waals surface area contributed by atoms with Gasteiger partial charge in [0, 0.05) is 28.9 Å². The Kier molecular flexibility index (Phi) is 3.57. The maximum atomic E-state index is 12.2. The van der Waals surface area contributed by atoms with Crippen molar-refractivity contribution in [3.05, 3.63) is 60.3 Å². The second-order valence-electron chi connectivity index (χ2n) is 6.49. The lowest BCUT2D eigenvalue weighted by molar-refractivity contribution is 0.0951. The van der Waals surface area contributed by atoms with Crippen molar-refractivity contribution in [1.82, 2.24) is 15.3 Å². The predicted octanol–water partition coefficient (Wildman–Crippen LogP) is 4.48. The van der Waals surface area contributed by atoms with E-state index >= 15 is 0 Å². The van der Waals surface area contributed by atoms with Gasteiger partial charge < -0.3 is 10.6 Å². The number of carbonyl (C=O) groups is 1. The SMILES string of the molecule is O=C(NC1CC1)c1ccc2nc(Nc3ccc4ncccc4c3)sc2c1. The van der Waals surface area contributed by atoms with Gasteiger partial charge in [-0.05, 0) is 55.3 Å². The fourth-order valence-corrected chi connectivity index (χ4v) is 3.82. The molecule has 26 heavy (non-hydrogen) atoms. The summed E-state index contributed by atoms with van der Waals surface area (Å²) in [5, 5.41) is 8.27. The van der Waals surface area contributed by atoms with Gasteiger partial charge in [-0.2, -0.15) is 0 Å². The van der Waals surface area contributed by atoms with Gasteiger partial charge in [0.25, 0.3) is 5.91 Å². The number of nitrogens with zero attached hydrogens (tertiary/aromatic N) is 2. The fraction of sp³-hybridized carbons (Fsp3) is 0.150. The maximum Gasteiger partial charge on any atom is 0.251 e. The second kappa shape index (κ2) is 6.07. The Morgan fingerprint density at radius 2 is 1.96 bits per heavy atom. The van der Waals surface area contributed by atoms with E-state index in [4.69, 9.17) is 0 Å². The van der Waals surface area contributed by atoms with Crippen LogP contribution in [0.15, 0.2) is 54.7 Å². The summed E-state index contributed by atoms with van der Waals surface area (Å²) in [5.74, 6) is -0.000613. The summed E-state index contributed by atoms with van der Waals surface area (Å²) in [7, 11) is 0. The van der Waals surface area contributed by atoms with E-state index in [0.29, 0.717) is 11.6 Å². The van der Waals surface area contributed by atoms with Gasteiger partial charge in [-0.1, -0.05) is 17.4 Å². The normalized spacial score (nSPS) is 13.8. The van der Waals surface area contributed by atoms with E-state index in [1.165, 1.54) is 0 Å². The van der Waals surface area contributed by atoms with Crippen LogP contribution in [0.25, 0.3) is 21.1 Å². The summed E-state index contributed by atoms with van der Waals surface area (Å²) in [6.07, 6.45) is 3.97. The van der Waals surface area contributed by atoms with Crippen molar-refractivity contribution < 1.29 is 4.79 Å². The molecule has 5 rings (SSSR count). The highest BCUT2D eigenvalue weighted by molar-refractivity contribution is 7.22. The Bertz CT molecular complexity index is 1130. The predicted molar refractivity (Wildman–Crippen MR) is 105 cm³/mol. The molecule has 1 saturated carbocycles. The van der Waals surface area contributed by atoms with Gasteiger partial charge in [0.05, 0.1) is 15.7 Å². The number of nitrogens with one attached hydrogen (secondary N) is 2. The smallest absolute Gasteiger partial charge is 0.251 e. The lowest BCUT2D eigenvalue weighted by Crippen LogP contribution is -2.25. The molecule has 2 N–H and O–H groups in total. The highest BCUT2D eigenvalue weighted by atomic mass is 32.1. The van der Waals surface area contributed by atoms with Gasteiger partial charge in [-0.15, -0.1) is 0 Å².